The average molecular weight is 359 g/mol. The number of rotatable bonds is 9. The fourth-order valence-electron chi connectivity index (χ4n) is 3.24. The first-order chi connectivity index (χ1) is 11.4. The van der Waals surface area contributed by atoms with Crippen LogP contribution in [0.2, 0.25) is 0 Å². The van der Waals surface area contributed by atoms with Crippen molar-refractivity contribution in [1.82, 2.24) is 15.5 Å². The Hall–Kier alpha value is -0.460. The van der Waals surface area contributed by atoms with Gasteiger partial charge in [-0.25, -0.2) is 0 Å². The Morgan fingerprint density at radius 3 is 2.29 bits per heavy atom. The number of nitrogens with one attached hydrogen (secondary N) is 2. The van der Waals surface area contributed by atoms with Crippen molar-refractivity contribution in [3.05, 3.63) is 0 Å². The van der Waals surface area contributed by atoms with Crippen LogP contribution in [0.15, 0.2) is 4.99 Å². The molecule has 0 spiro atoms. The van der Waals surface area contributed by atoms with Gasteiger partial charge in [0.2, 0.25) is 0 Å². The minimum Gasteiger partial charge on any atom is -0.381 e. The van der Waals surface area contributed by atoms with E-state index in [0.717, 1.165) is 58.1 Å². The fourth-order valence-corrected chi connectivity index (χ4v) is 4.03. The standard InChI is InChI=1S/C18H38N4OS/c1-15(2)22(16(3)4)11-7-10-20-17(19-5)21-14-18(24-6)8-12-23-13-9-18/h15-16H,7-14H2,1-6H3,(H2,19,20,21). The van der Waals surface area contributed by atoms with Crippen LogP contribution in [0.25, 0.3) is 0 Å². The van der Waals surface area contributed by atoms with Gasteiger partial charge in [0.15, 0.2) is 5.96 Å². The summed E-state index contributed by atoms with van der Waals surface area (Å²) >= 11 is 1.95. The Bertz CT molecular complexity index is 360. The average Bonchev–Trinajstić information content (AvgIpc) is 2.57. The molecule has 1 saturated heterocycles. The number of nitrogens with zero attached hydrogens (tertiary/aromatic N) is 2. The number of hydrogen-bond donors (Lipinski definition) is 2. The van der Waals surface area contributed by atoms with E-state index in [0.29, 0.717) is 12.1 Å². The second-order valence-electron chi connectivity index (χ2n) is 7.13. The first-order valence-corrected chi connectivity index (χ1v) is 10.5. The van der Waals surface area contributed by atoms with Gasteiger partial charge in [0.25, 0.3) is 0 Å². The molecular weight excluding hydrogens is 320 g/mol. The van der Waals surface area contributed by atoms with Crippen molar-refractivity contribution in [3.63, 3.8) is 0 Å². The number of guanidine groups is 1. The fraction of sp³-hybridized carbons (Fsp3) is 0.944. The Kier molecular flexibility index (Phi) is 10.1. The van der Waals surface area contributed by atoms with Gasteiger partial charge >= 0.3 is 0 Å². The zero-order valence-corrected chi connectivity index (χ0v) is 17.3. The van der Waals surface area contributed by atoms with Crippen LogP contribution in [0.3, 0.4) is 0 Å². The lowest BCUT2D eigenvalue weighted by Gasteiger charge is -2.36. The second kappa shape index (κ2) is 11.2. The first-order valence-electron chi connectivity index (χ1n) is 9.27. The Balaban J connectivity index is 2.32. The lowest BCUT2D eigenvalue weighted by Crippen LogP contribution is -2.48. The predicted molar refractivity (Wildman–Crippen MR) is 107 cm³/mol. The molecule has 1 rings (SSSR count). The smallest absolute Gasteiger partial charge is 0.191 e. The molecule has 0 aliphatic carbocycles. The van der Waals surface area contributed by atoms with Crippen LogP contribution in [0.5, 0.6) is 0 Å². The molecule has 0 amide bonds. The molecule has 0 bridgehead atoms. The van der Waals surface area contributed by atoms with Crippen molar-refractivity contribution in [2.45, 2.75) is 63.8 Å². The maximum Gasteiger partial charge on any atom is 0.191 e. The summed E-state index contributed by atoms with van der Waals surface area (Å²) in [6, 6.07) is 1.19. The zero-order chi connectivity index (χ0) is 18.0. The number of hydrogen-bond acceptors (Lipinski definition) is 4. The normalized spacial score (nSPS) is 18.5. The summed E-state index contributed by atoms with van der Waals surface area (Å²) in [5.74, 6) is 0.913. The van der Waals surface area contributed by atoms with Gasteiger partial charge in [-0.3, -0.25) is 9.89 Å². The predicted octanol–water partition coefficient (Wildman–Crippen LogP) is 2.57. The number of thioether (sulfide) groups is 1. The summed E-state index contributed by atoms with van der Waals surface area (Å²) in [5.41, 5.74) is 0. The lowest BCUT2D eigenvalue weighted by molar-refractivity contribution is 0.0783. The van der Waals surface area contributed by atoms with Crippen LogP contribution < -0.4 is 10.6 Å². The van der Waals surface area contributed by atoms with Crippen LogP contribution in [-0.2, 0) is 4.74 Å². The summed E-state index contributed by atoms with van der Waals surface area (Å²) in [5, 5.41) is 6.97. The molecule has 6 heteroatoms. The van der Waals surface area contributed by atoms with Gasteiger partial charge in [0.1, 0.15) is 0 Å². The molecule has 142 valence electrons. The number of aliphatic imine (C=N–C) groups is 1. The van der Waals surface area contributed by atoms with E-state index in [1.165, 1.54) is 0 Å². The van der Waals surface area contributed by atoms with E-state index in [2.05, 4.69) is 54.5 Å². The van der Waals surface area contributed by atoms with E-state index >= 15 is 0 Å². The highest BCUT2D eigenvalue weighted by molar-refractivity contribution is 8.00. The molecule has 0 atom stereocenters. The highest BCUT2D eigenvalue weighted by atomic mass is 32.2. The monoisotopic (exact) mass is 358 g/mol. The van der Waals surface area contributed by atoms with Crippen LogP contribution >= 0.6 is 11.8 Å². The summed E-state index contributed by atoms with van der Waals surface area (Å²) < 4.78 is 5.79. The van der Waals surface area contributed by atoms with Crippen molar-refractivity contribution in [2.24, 2.45) is 4.99 Å². The van der Waals surface area contributed by atoms with E-state index < -0.39 is 0 Å². The van der Waals surface area contributed by atoms with E-state index in [-0.39, 0.29) is 4.75 Å². The Labute approximate surface area is 153 Å². The van der Waals surface area contributed by atoms with Crippen molar-refractivity contribution in [2.75, 3.05) is 46.2 Å². The maximum atomic E-state index is 5.51. The second-order valence-corrected chi connectivity index (χ2v) is 8.41. The van der Waals surface area contributed by atoms with Crippen molar-refractivity contribution in [1.29, 1.82) is 0 Å². The molecule has 0 unspecified atom stereocenters. The summed E-state index contributed by atoms with van der Waals surface area (Å²) in [4.78, 5) is 6.90. The number of ether oxygens (including phenoxy) is 1. The highest BCUT2D eigenvalue weighted by Gasteiger charge is 2.31. The van der Waals surface area contributed by atoms with Gasteiger partial charge in [-0.05, 0) is 53.2 Å². The van der Waals surface area contributed by atoms with E-state index in [1.807, 2.05) is 18.8 Å². The molecule has 1 fully saturated rings. The van der Waals surface area contributed by atoms with Crippen LogP contribution in [0.4, 0.5) is 0 Å². The minimum atomic E-state index is 0.280. The van der Waals surface area contributed by atoms with Gasteiger partial charge in [-0.2, -0.15) is 11.8 Å². The van der Waals surface area contributed by atoms with Crippen LogP contribution in [-0.4, -0.2) is 73.8 Å². The highest BCUT2D eigenvalue weighted by Crippen LogP contribution is 2.32. The molecule has 1 aliphatic rings. The molecule has 1 heterocycles. The van der Waals surface area contributed by atoms with Gasteiger partial charge in [0.05, 0.1) is 0 Å². The minimum absolute atomic E-state index is 0.280. The third kappa shape index (κ3) is 7.19. The molecular formula is C18H38N4OS. The summed E-state index contributed by atoms with van der Waals surface area (Å²) in [6.45, 7) is 13.8. The van der Waals surface area contributed by atoms with Crippen LogP contribution in [0.1, 0.15) is 47.0 Å². The molecule has 2 N–H and O–H groups in total. The molecule has 0 saturated carbocycles. The first kappa shape index (κ1) is 21.6. The van der Waals surface area contributed by atoms with Crippen molar-refractivity contribution >= 4 is 17.7 Å². The van der Waals surface area contributed by atoms with Gasteiger partial charge in [-0.1, -0.05) is 0 Å². The quantitative estimate of drug-likeness (QED) is 0.377. The molecule has 5 nitrogen and oxygen atoms in total. The maximum absolute atomic E-state index is 5.51. The van der Waals surface area contributed by atoms with E-state index in [4.69, 9.17) is 4.74 Å². The third-order valence-electron chi connectivity index (χ3n) is 4.85. The van der Waals surface area contributed by atoms with Crippen molar-refractivity contribution in [3.8, 4) is 0 Å². The van der Waals surface area contributed by atoms with Gasteiger partial charge < -0.3 is 15.4 Å². The Morgan fingerprint density at radius 2 is 1.79 bits per heavy atom. The molecule has 24 heavy (non-hydrogen) atoms. The SMILES string of the molecule is CN=C(NCCCN(C(C)C)C(C)C)NCC1(SC)CCOCC1. The molecule has 0 radical (unpaired) electrons. The van der Waals surface area contributed by atoms with Crippen LogP contribution in [0, 0.1) is 0 Å². The van der Waals surface area contributed by atoms with E-state index in [9.17, 15) is 0 Å². The zero-order valence-electron chi connectivity index (χ0n) is 16.5. The largest absolute Gasteiger partial charge is 0.381 e. The summed E-state index contributed by atoms with van der Waals surface area (Å²) in [7, 11) is 1.85. The lowest BCUT2D eigenvalue weighted by atomic mass is 9.99. The molecule has 1 aliphatic heterocycles. The third-order valence-corrected chi connectivity index (χ3v) is 6.27. The molecule has 0 aromatic heterocycles. The van der Waals surface area contributed by atoms with E-state index in [1.54, 1.807) is 0 Å². The summed E-state index contributed by atoms with van der Waals surface area (Å²) in [6.07, 6.45) is 5.54. The topological polar surface area (TPSA) is 48.9 Å². The molecule has 0 aromatic rings. The van der Waals surface area contributed by atoms with Gasteiger partial charge in [0, 0.05) is 56.7 Å². The van der Waals surface area contributed by atoms with Crippen molar-refractivity contribution < 1.29 is 4.74 Å². The molecule has 0 aromatic carbocycles. The Morgan fingerprint density at radius 1 is 1.17 bits per heavy atom. The van der Waals surface area contributed by atoms with Gasteiger partial charge in [-0.15, -0.1) is 0 Å².